The first-order chi connectivity index (χ1) is 5.65. The number of rotatable bonds is 2. The summed E-state index contributed by atoms with van der Waals surface area (Å²) in [5.41, 5.74) is 8.84. The molecule has 0 aromatic carbocycles. The quantitative estimate of drug-likeness (QED) is 0.722. The molecule has 1 aromatic rings. The lowest BCUT2D eigenvalue weighted by atomic mass is 10.1. The van der Waals surface area contributed by atoms with E-state index in [4.69, 9.17) is 5.73 Å². The van der Waals surface area contributed by atoms with E-state index >= 15 is 0 Å². The number of aryl methyl sites for hydroxylation is 1. The van der Waals surface area contributed by atoms with Crippen LogP contribution in [0.4, 0.5) is 0 Å². The van der Waals surface area contributed by atoms with E-state index in [9.17, 15) is 0 Å². The second-order valence-electron chi connectivity index (χ2n) is 2.96. The standard InChI is InChI=1S/C10H14N2/c1-4-9-5-7(2)10(8(3)11)12-6-9/h4-6,8H,1,11H2,2-3H3/t8-/m0/s1. The summed E-state index contributed by atoms with van der Waals surface area (Å²) in [7, 11) is 0. The van der Waals surface area contributed by atoms with Crippen molar-refractivity contribution in [2.45, 2.75) is 19.9 Å². The molecule has 0 aliphatic rings. The van der Waals surface area contributed by atoms with Gasteiger partial charge in [-0.15, -0.1) is 0 Å². The van der Waals surface area contributed by atoms with Gasteiger partial charge in [-0.25, -0.2) is 0 Å². The predicted molar refractivity (Wildman–Crippen MR) is 51.7 cm³/mol. The van der Waals surface area contributed by atoms with E-state index in [1.54, 1.807) is 12.3 Å². The molecule has 1 atom stereocenters. The molecule has 12 heavy (non-hydrogen) atoms. The van der Waals surface area contributed by atoms with E-state index in [2.05, 4.69) is 11.6 Å². The van der Waals surface area contributed by atoms with Gasteiger partial charge in [-0.3, -0.25) is 4.98 Å². The average molecular weight is 162 g/mol. The van der Waals surface area contributed by atoms with Gasteiger partial charge in [0.25, 0.3) is 0 Å². The van der Waals surface area contributed by atoms with Crippen molar-refractivity contribution in [1.29, 1.82) is 0 Å². The number of nitrogens with zero attached hydrogens (tertiary/aromatic N) is 1. The van der Waals surface area contributed by atoms with Gasteiger partial charge in [-0.2, -0.15) is 0 Å². The fourth-order valence-corrected chi connectivity index (χ4v) is 1.20. The van der Waals surface area contributed by atoms with Crippen molar-refractivity contribution >= 4 is 6.08 Å². The van der Waals surface area contributed by atoms with Crippen molar-refractivity contribution in [2.75, 3.05) is 0 Å². The molecule has 64 valence electrons. The summed E-state index contributed by atoms with van der Waals surface area (Å²) in [5, 5.41) is 0. The maximum atomic E-state index is 5.72. The van der Waals surface area contributed by atoms with Crippen molar-refractivity contribution in [3.63, 3.8) is 0 Å². The lowest BCUT2D eigenvalue weighted by molar-refractivity contribution is 0.771. The number of nitrogens with two attached hydrogens (primary N) is 1. The van der Waals surface area contributed by atoms with E-state index in [0.717, 1.165) is 16.8 Å². The Hall–Kier alpha value is -1.15. The summed E-state index contributed by atoms with van der Waals surface area (Å²) in [6.07, 6.45) is 3.57. The van der Waals surface area contributed by atoms with Crippen molar-refractivity contribution in [1.82, 2.24) is 4.98 Å². The molecule has 1 aromatic heterocycles. The van der Waals surface area contributed by atoms with Crippen LogP contribution in [0.5, 0.6) is 0 Å². The average Bonchev–Trinajstić information content (AvgIpc) is 2.03. The maximum Gasteiger partial charge on any atom is 0.0597 e. The molecule has 2 heteroatoms. The summed E-state index contributed by atoms with van der Waals surface area (Å²) in [5.74, 6) is 0. The summed E-state index contributed by atoms with van der Waals surface area (Å²) >= 11 is 0. The van der Waals surface area contributed by atoms with Crippen LogP contribution >= 0.6 is 0 Å². The number of pyridine rings is 1. The molecule has 1 rings (SSSR count). The molecule has 0 spiro atoms. The minimum absolute atomic E-state index is 0.00358. The molecule has 0 amide bonds. The Morgan fingerprint density at radius 1 is 1.67 bits per heavy atom. The molecule has 2 nitrogen and oxygen atoms in total. The van der Waals surface area contributed by atoms with Crippen LogP contribution < -0.4 is 5.73 Å². The van der Waals surface area contributed by atoms with E-state index in [1.165, 1.54) is 0 Å². The third-order valence-corrected chi connectivity index (χ3v) is 1.81. The van der Waals surface area contributed by atoms with Gasteiger partial charge in [0.15, 0.2) is 0 Å². The monoisotopic (exact) mass is 162 g/mol. The van der Waals surface area contributed by atoms with Gasteiger partial charge in [-0.05, 0) is 31.0 Å². The second kappa shape index (κ2) is 3.50. The van der Waals surface area contributed by atoms with Crippen molar-refractivity contribution in [2.24, 2.45) is 5.73 Å². The molecule has 0 aliphatic carbocycles. The Balaban J connectivity index is 3.11. The Bertz CT molecular complexity index is 290. The summed E-state index contributed by atoms with van der Waals surface area (Å²) < 4.78 is 0. The van der Waals surface area contributed by atoms with E-state index in [0.29, 0.717) is 0 Å². The van der Waals surface area contributed by atoms with Gasteiger partial charge >= 0.3 is 0 Å². The SMILES string of the molecule is C=Cc1cnc([C@H](C)N)c(C)c1. The Morgan fingerprint density at radius 3 is 2.75 bits per heavy atom. The maximum absolute atomic E-state index is 5.72. The van der Waals surface area contributed by atoms with Crippen molar-refractivity contribution in [3.8, 4) is 0 Å². The molecule has 0 bridgehead atoms. The zero-order valence-electron chi connectivity index (χ0n) is 7.54. The highest BCUT2D eigenvalue weighted by Gasteiger charge is 2.04. The molecule has 2 N–H and O–H groups in total. The van der Waals surface area contributed by atoms with E-state index in [1.807, 2.05) is 19.9 Å². The molecular weight excluding hydrogens is 148 g/mol. The zero-order valence-corrected chi connectivity index (χ0v) is 7.54. The second-order valence-corrected chi connectivity index (χ2v) is 2.96. The zero-order chi connectivity index (χ0) is 9.14. The van der Waals surface area contributed by atoms with Crippen LogP contribution in [0.3, 0.4) is 0 Å². The Morgan fingerprint density at radius 2 is 2.33 bits per heavy atom. The smallest absolute Gasteiger partial charge is 0.0597 e. The van der Waals surface area contributed by atoms with Crippen LogP contribution in [0, 0.1) is 6.92 Å². The summed E-state index contributed by atoms with van der Waals surface area (Å²) in [6, 6.07) is 2.04. The van der Waals surface area contributed by atoms with E-state index < -0.39 is 0 Å². The molecule has 0 fully saturated rings. The van der Waals surface area contributed by atoms with Gasteiger partial charge < -0.3 is 5.73 Å². The fourth-order valence-electron chi connectivity index (χ4n) is 1.20. The number of aromatic nitrogens is 1. The number of hydrogen-bond donors (Lipinski definition) is 1. The minimum Gasteiger partial charge on any atom is -0.323 e. The van der Waals surface area contributed by atoms with Gasteiger partial charge in [-0.1, -0.05) is 12.7 Å². The summed E-state index contributed by atoms with van der Waals surface area (Å²) in [6.45, 7) is 7.62. The van der Waals surface area contributed by atoms with Crippen LogP contribution in [-0.4, -0.2) is 4.98 Å². The largest absolute Gasteiger partial charge is 0.323 e. The highest BCUT2D eigenvalue weighted by molar-refractivity contribution is 5.47. The molecule has 0 saturated heterocycles. The lowest BCUT2D eigenvalue weighted by Gasteiger charge is -2.08. The molecule has 0 radical (unpaired) electrons. The summed E-state index contributed by atoms with van der Waals surface area (Å²) in [4.78, 5) is 4.25. The highest BCUT2D eigenvalue weighted by atomic mass is 14.8. The minimum atomic E-state index is 0.00358. The predicted octanol–water partition coefficient (Wildman–Crippen LogP) is 2.05. The molecule has 0 saturated carbocycles. The van der Waals surface area contributed by atoms with Crippen molar-refractivity contribution in [3.05, 3.63) is 35.7 Å². The molecule has 0 unspecified atom stereocenters. The van der Waals surface area contributed by atoms with Gasteiger partial charge in [0, 0.05) is 12.2 Å². The molecule has 1 heterocycles. The number of hydrogen-bond acceptors (Lipinski definition) is 2. The van der Waals surface area contributed by atoms with Gasteiger partial charge in [0.05, 0.1) is 5.69 Å². The molecular formula is C10H14N2. The third-order valence-electron chi connectivity index (χ3n) is 1.81. The highest BCUT2D eigenvalue weighted by Crippen LogP contribution is 2.13. The van der Waals surface area contributed by atoms with Gasteiger partial charge in [0.1, 0.15) is 0 Å². The van der Waals surface area contributed by atoms with Crippen LogP contribution in [0.25, 0.3) is 6.08 Å². The molecule has 0 aliphatic heterocycles. The van der Waals surface area contributed by atoms with Crippen LogP contribution in [0.15, 0.2) is 18.8 Å². The fraction of sp³-hybridized carbons (Fsp3) is 0.300. The van der Waals surface area contributed by atoms with Crippen LogP contribution in [-0.2, 0) is 0 Å². The first kappa shape index (κ1) is 8.94. The lowest BCUT2D eigenvalue weighted by Crippen LogP contribution is -2.09. The van der Waals surface area contributed by atoms with Crippen LogP contribution in [0.2, 0.25) is 0 Å². The first-order valence-corrected chi connectivity index (χ1v) is 3.99. The normalized spacial score (nSPS) is 12.6. The third kappa shape index (κ3) is 1.71. The van der Waals surface area contributed by atoms with Gasteiger partial charge in [0.2, 0.25) is 0 Å². The van der Waals surface area contributed by atoms with Crippen LogP contribution in [0.1, 0.15) is 29.8 Å². The first-order valence-electron chi connectivity index (χ1n) is 3.99. The Labute approximate surface area is 73.1 Å². The topological polar surface area (TPSA) is 38.9 Å². The van der Waals surface area contributed by atoms with E-state index in [-0.39, 0.29) is 6.04 Å². The Kier molecular flexibility index (Phi) is 2.61. The van der Waals surface area contributed by atoms with Crippen molar-refractivity contribution < 1.29 is 0 Å².